The summed E-state index contributed by atoms with van der Waals surface area (Å²) in [7, 11) is 0. The maximum atomic E-state index is 10.6. The van der Waals surface area contributed by atoms with Gasteiger partial charge in [-0.15, -0.1) is 0 Å². The van der Waals surface area contributed by atoms with Gasteiger partial charge in [0.2, 0.25) is 0 Å². The van der Waals surface area contributed by atoms with Crippen molar-refractivity contribution in [2.45, 2.75) is 51.2 Å². The summed E-state index contributed by atoms with van der Waals surface area (Å²) >= 11 is 0. The maximum Gasteiger partial charge on any atom is 0.0797 e. The molecule has 2 aromatic carbocycles. The molecule has 0 aliphatic carbocycles. The number of aliphatic hydroxyl groups excluding tert-OH is 1. The van der Waals surface area contributed by atoms with Crippen LogP contribution in [0, 0.1) is 6.92 Å². The Morgan fingerprint density at radius 3 is 2.71 bits per heavy atom. The highest BCUT2D eigenvalue weighted by molar-refractivity contribution is 5.88. The van der Waals surface area contributed by atoms with Gasteiger partial charge in [-0.3, -0.25) is 0 Å². The number of aryl methyl sites for hydroxylation is 1. The fraction of sp³-hybridized carbons (Fsp3) is 0.474. The van der Waals surface area contributed by atoms with Crippen molar-refractivity contribution in [1.29, 1.82) is 0 Å². The summed E-state index contributed by atoms with van der Waals surface area (Å²) in [5, 5.41) is 13.0. The Labute approximate surface area is 126 Å². The van der Waals surface area contributed by atoms with Gasteiger partial charge in [-0.1, -0.05) is 36.4 Å². The first-order chi connectivity index (χ1) is 10.3. The quantitative estimate of drug-likeness (QED) is 0.893. The number of rotatable bonds is 4. The van der Waals surface area contributed by atoms with Gasteiger partial charge in [0.05, 0.1) is 12.2 Å². The minimum atomic E-state index is -0.402. The molecule has 0 radical (unpaired) electrons. The van der Waals surface area contributed by atoms with Crippen LogP contribution in [0.25, 0.3) is 10.8 Å². The molecule has 2 nitrogen and oxygen atoms in total. The van der Waals surface area contributed by atoms with Gasteiger partial charge in [-0.05, 0) is 60.9 Å². The first-order valence-electron chi connectivity index (χ1n) is 8.03. The van der Waals surface area contributed by atoms with E-state index in [1.165, 1.54) is 29.2 Å². The van der Waals surface area contributed by atoms with Crippen molar-refractivity contribution >= 4 is 10.8 Å². The van der Waals surface area contributed by atoms with Crippen molar-refractivity contribution in [2.24, 2.45) is 0 Å². The highest BCUT2D eigenvalue weighted by atomic mass is 16.5. The molecule has 21 heavy (non-hydrogen) atoms. The first kappa shape index (κ1) is 14.6. The Bertz CT molecular complexity index is 600. The highest BCUT2D eigenvalue weighted by Crippen LogP contribution is 2.30. The van der Waals surface area contributed by atoms with Gasteiger partial charge in [0.15, 0.2) is 0 Å². The van der Waals surface area contributed by atoms with E-state index in [1.807, 2.05) is 6.07 Å². The molecule has 2 atom stereocenters. The molecule has 112 valence electrons. The third-order valence-electron chi connectivity index (χ3n) is 4.57. The standard InChI is InChI=1S/C19H24O2/c1-14-9-11-18(17-8-3-2-7-16(14)17)19(20)12-10-15-6-4-5-13-21-15/h2-3,7-9,11,15,19-20H,4-6,10,12-13H2,1H3. The molecule has 0 spiro atoms. The van der Waals surface area contributed by atoms with Crippen molar-refractivity contribution in [1.82, 2.24) is 0 Å². The summed E-state index contributed by atoms with van der Waals surface area (Å²) in [6, 6.07) is 12.5. The summed E-state index contributed by atoms with van der Waals surface area (Å²) in [6.07, 6.45) is 5.24. The molecule has 2 unspecified atom stereocenters. The molecule has 0 amide bonds. The lowest BCUT2D eigenvalue weighted by Crippen LogP contribution is -2.19. The predicted molar refractivity (Wildman–Crippen MR) is 86.5 cm³/mol. The van der Waals surface area contributed by atoms with Crippen LogP contribution in [-0.2, 0) is 4.74 Å². The van der Waals surface area contributed by atoms with Crippen LogP contribution < -0.4 is 0 Å². The van der Waals surface area contributed by atoms with Crippen LogP contribution in [0.5, 0.6) is 0 Å². The molecule has 1 heterocycles. The molecule has 1 N–H and O–H groups in total. The fourth-order valence-electron chi connectivity index (χ4n) is 3.30. The second kappa shape index (κ2) is 6.59. The summed E-state index contributed by atoms with van der Waals surface area (Å²) in [5.41, 5.74) is 2.31. The van der Waals surface area contributed by atoms with Crippen LogP contribution in [0.15, 0.2) is 36.4 Å². The Kier molecular flexibility index (Phi) is 4.57. The van der Waals surface area contributed by atoms with Gasteiger partial charge in [-0.2, -0.15) is 0 Å². The third-order valence-corrected chi connectivity index (χ3v) is 4.57. The molecule has 0 bridgehead atoms. The third kappa shape index (κ3) is 3.28. The second-order valence-corrected chi connectivity index (χ2v) is 6.10. The molecule has 0 saturated carbocycles. The molecule has 1 fully saturated rings. The summed E-state index contributed by atoms with van der Waals surface area (Å²) < 4.78 is 5.76. The Morgan fingerprint density at radius 1 is 1.14 bits per heavy atom. The van der Waals surface area contributed by atoms with Crippen LogP contribution >= 0.6 is 0 Å². The van der Waals surface area contributed by atoms with Gasteiger partial charge >= 0.3 is 0 Å². The zero-order chi connectivity index (χ0) is 14.7. The normalized spacial score (nSPS) is 20.6. The molecular weight excluding hydrogens is 260 g/mol. The summed E-state index contributed by atoms with van der Waals surface area (Å²) in [4.78, 5) is 0. The van der Waals surface area contributed by atoms with Crippen LogP contribution in [0.2, 0.25) is 0 Å². The zero-order valence-corrected chi connectivity index (χ0v) is 12.7. The first-order valence-corrected chi connectivity index (χ1v) is 8.03. The Hall–Kier alpha value is -1.38. The van der Waals surface area contributed by atoms with Gasteiger partial charge in [0, 0.05) is 6.61 Å². The lowest BCUT2D eigenvalue weighted by molar-refractivity contribution is 0.00222. The maximum absolute atomic E-state index is 10.6. The van der Waals surface area contributed by atoms with Crippen molar-refractivity contribution < 1.29 is 9.84 Å². The van der Waals surface area contributed by atoms with Crippen LogP contribution in [0.1, 0.15) is 49.3 Å². The molecule has 2 heteroatoms. The van der Waals surface area contributed by atoms with Gasteiger partial charge < -0.3 is 9.84 Å². The van der Waals surface area contributed by atoms with Crippen molar-refractivity contribution in [3.63, 3.8) is 0 Å². The number of benzene rings is 2. The van der Waals surface area contributed by atoms with Crippen molar-refractivity contribution in [2.75, 3.05) is 6.61 Å². The topological polar surface area (TPSA) is 29.5 Å². The van der Waals surface area contributed by atoms with E-state index in [9.17, 15) is 5.11 Å². The number of ether oxygens (including phenoxy) is 1. The highest BCUT2D eigenvalue weighted by Gasteiger charge is 2.17. The smallest absolute Gasteiger partial charge is 0.0797 e. The monoisotopic (exact) mass is 284 g/mol. The van der Waals surface area contributed by atoms with Crippen molar-refractivity contribution in [3.05, 3.63) is 47.5 Å². The number of hydrogen-bond donors (Lipinski definition) is 1. The predicted octanol–water partition coefficient (Wildman–Crippen LogP) is 4.53. The molecular formula is C19H24O2. The van der Waals surface area contributed by atoms with E-state index >= 15 is 0 Å². The lowest BCUT2D eigenvalue weighted by Gasteiger charge is -2.24. The van der Waals surface area contributed by atoms with Gasteiger partial charge in [0.25, 0.3) is 0 Å². The Balaban J connectivity index is 1.75. The molecule has 3 rings (SSSR count). The van der Waals surface area contributed by atoms with E-state index in [0.29, 0.717) is 6.10 Å². The van der Waals surface area contributed by atoms with Crippen molar-refractivity contribution in [3.8, 4) is 0 Å². The second-order valence-electron chi connectivity index (χ2n) is 6.10. The van der Waals surface area contributed by atoms with Gasteiger partial charge in [-0.25, -0.2) is 0 Å². The number of aliphatic hydroxyl groups is 1. The minimum absolute atomic E-state index is 0.338. The van der Waals surface area contributed by atoms with Crippen LogP contribution in [0.3, 0.4) is 0 Å². The molecule has 0 aromatic heterocycles. The summed E-state index contributed by atoms with van der Waals surface area (Å²) in [6.45, 7) is 3.00. The molecule has 1 aliphatic heterocycles. The molecule has 1 saturated heterocycles. The van der Waals surface area contributed by atoms with E-state index in [2.05, 4.69) is 37.3 Å². The number of hydrogen-bond acceptors (Lipinski definition) is 2. The SMILES string of the molecule is Cc1ccc(C(O)CCC2CCCCO2)c2ccccc12. The Morgan fingerprint density at radius 2 is 1.95 bits per heavy atom. The van der Waals surface area contributed by atoms with Crippen LogP contribution in [-0.4, -0.2) is 17.8 Å². The molecule has 1 aliphatic rings. The van der Waals surface area contributed by atoms with E-state index in [1.54, 1.807) is 0 Å². The zero-order valence-electron chi connectivity index (χ0n) is 12.7. The largest absolute Gasteiger partial charge is 0.388 e. The fourth-order valence-corrected chi connectivity index (χ4v) is 3.30. The average Bonchev–Trinajstić information content (AvgIpc) is 2.54. The minimum Gasteiger partial charge on any atom is -0.388 e. The number of fused-ring (bicyclic) bond motifs is 1. The van der Waals surface area contributed by atoms with E-state index in [-0.39, 0.29) is 0 Å². The lowest BCUT2D eigenvalue weighted by atomic mass is 9.93. The van der Waals surface area contributed by atoms with Crippen LogP contribution in [0.4, 0.5) is 0 Å². The van der Waals surface area contributed by atoms with Gasteiger partial charge in [0.1, 0.15) is 0 Å². The summed E-state index contributed by atoms with van der Waals surface area (Å²) in [5.74, 6) is 0. The molecule has 2 aromatic rings. The average molecular weight is 284 g/mol. The van der Waals surface area contributed by atoms with E-state index < -0.39 is 6.10 Å². The van der Waals surface area contributed by atoms with E-state index in [0.717, 1.165) is 31.4 Å². The van der Waals surface area contributed by atoms with E-state index in [4.69, 9.17) is 4.74 Å².